The fraction of sp³-hybridized carbons (Fsp3) is 0.111. The summed E-state index contributed by atoms with van der Waals surface area (Å²) >= 11 is 2.19. The summed E-state index contributed by atoms with van der Waals surface area (Å²) in [5, 5.41) is 0. The van der Waals surface area contributed by atoms with Crippen LogP contribution in [0.1, 0.15) is 5.56 Å². The van der Waals surface area contributed by atoms with E-state index in [9.17, 15) is 0 Å². The quantitative estimate of drug-likeness (QED) is 0.650. The van der Waals surface area contributed by atoms with E-state index in [1.54, 1.807) is 0 Å². The van der Waals surface area contributed by atoms with Crippen molar-refractivity contribution < 1.29 is 4.74 Å². The Bertz CT molecular complexity index is 304. The van der Waals surface area contributed by atoms with Crippen LogP contribution in [0.2, 0.25) is 0 Å². The first-order valence-corrected chi connectivity index (χ1v) is 4.55. The summed E-state index contributed by atoms with van der Waals surface area (Å²) in [7, 11) is 0. The van der Waals surface area contributed by atoms with Gasteiger partial charge in [0.2, 0.25) is 0 Å². The van der Waals surface area contributed by atoms with Crippen molar-refractivity contribution in [3.8, 4) is 5.75 Å². The van der Waals surface area contributed by atoms with Crippen LogP contribution < -0.4 is 4.74 Å². The summed E-state index contributed by atoms with van der Waals surface area (Å²) in [4.78, 5) is 0. The van der Waals surface area contributed by atoms with Gasteiger partial charge in [0.25, 0.3) is 0 Å². The molecular formula is C9H7IO. The molecule has 0 aromatic heterocycles. The van der Waals surface area contributed by atoms with Gasteiger partial charge >= 0.3 is 0 Å². The van der Waals surface area contributed by atoms with Crippen LogP contribution in [0, 0.1) is 0 Å². The molecule has 2 rings (SSSR count). The molecule has 1 aromatic rings. The average molecular weight is 258 g/mol. The van der Waals surface area contributed by atoms with Crippen LogP contribution in [0.5, 0.6) is 5.75 Å². The van der Waals surface area contributed by atoms with Gasteiger partial charge in [-0.25, -0.2) is 0 Å². The zero-order chi connectivity index (χ0) is 7.68. The Morgan fingerprint density at radius 1 is 1.27 bits per heavy atom. The van der Waals surface area contributed by atoms with Crippen molar-refractivity contribution in [3.05, 3.63) is 39.7 Å². The summed E-state index contributed by atoms with van der Waals surface area (Å²) in [6.45, 7) is 0. The number of hydrogen-bond donors (Lipinski definition) is 0. The Morgan fingerprint density at radius 2 is 2.09 bits per heavy atom. The molecule has 0 spiro atoms. The van der Waals surface area contributed by atoms with Crippen molar-refractivity contribution in [2.45, 2.75) is 6.42 Å². The fourth-order valence-electron chi connectivity index (χ4n) is 1.11. The molecule has 0 N–H and O–H groups in total. The van der Waals surface area contributed by atoms with Crippen LogP contribution in [0.4, 0.5) is 0 Å². The highest BCUT2D eigenvalue weighted by Gasteiger charge is 2.08. The molecule has 0 amide bonds. The van der Waals surface area contributed by atoms with Crippen LogP contribution in [-0.4, -0.2) is 0 Å². The van der Waals surface area contributed by atoms with Crippen LogP contribution in [0.15, 0.2) is 34.1 Å². The number of benzene rings is 1. The molecule has 1 heterocycles. The van der Waals surface area contributed by atoms with E-state index in [1.165, 1.54) is 5.56 Å². The lowest BCUT2D eigenvalue weighted by molar-refractivity contribution is 0.457. The van der Waals surface area contributed by atoms with Gasteiger partial charge in [-0.05, 0) is 46.7 Å². The molecule has 0 saturated heterocycles. The number of halogens is 1. The second-order valence-electron chi connectivity index (χ2n) is 2.42. The molecule has 2 heteroatoms. The van der Waals surface area contributed by atoms with Gasteiger partial charge in [0.15, 0.2) is 3.77 Å². The Labute approximate surface area is 79.2 Å². The summed E-state index contributed by atoms with van der Waals surface area (Å²) in [5.41, 5.74) is 1.27. The Balaban J connectivity index is 2.42. The van der Waals surface area contributed by atoms with Crippen molar-refractivity contribution in [3.63, 3.8) is 0 Å². The van der Waals surface area contributed by atoms with E-state index in [0.717, 1.165) is 15.9 Å². The highest BCUT2D eigenvalue weighted by molar-refractivity contribution is 14.1. The number of fused-ring (bicyclic) bond motifs is 1. The molecule has 1 aromatic carbocycles. The van der Waals surface area contributed by atoms with Gasteiger partial charge in [0.05, 0.1) is 0 Å². The number of para-hydroxylation sites is 1. The molecular weight excluding hydrogens is 251 g/mol. The van der Waals surface area contributed by atoms with E-state index in [2.05, 4.69) is 34.7 Å². The van der Waals surface area contributed by atoms with Crippen LogP contribution in [0.25, 0.3) is 0 Å². The van der Waals surface area contributed by atoms with Crippen molar-refractivity contribution in [1.29, 1.82) is 0 Å². The molecule has 0 radical (unpaired) electrons. The summed E-state index contributed by atoms with van der Waals surface area (Å²) < 4.78 is 6.45. The zero-order valence-electron chi connectivity index (χ0n) is 5.88. The first-order valence-electron chi connectivity index (χ1n) is 3.48. The SMILES string of the molecule is IC1=CCc2ccccc2O1. The van der Waals surface area contributed by atoms with Gasteiger partial charge in [-0.1, -0.05) is 18.2 Å². The minimum absolute atomic E-state index is 0.973. The van der Waals surface area contributed by atoms with Crippen LogP contribution >= 0.6 is 22.6 Å². The van der Waals surface area contributed by atoms with E-state index in [1.807, 2.05) is 18.2 Å². The Kier molecular flexibility index (Phi) is 1.85. The second-order valence-corrected chi connectivity index (χ2v) is 3.49. The van der Waals surface area contributed by atoms with E-state index in [-0.39, 0.29) is 0 Å². The van der Waals surface area contributed by atoms with Crippen molar-refractivity contribution in [1.82, 2.24) is 0 Å². The van der Waals surface area contributed by atoms with E-state index >= 15 is 0 Å². The third kappa shape index (κ3) is 1.40. The molecule has 0 unspecified atom stereocenters. The van der Waals surface area contributed by atoms with Gasteiger partial charge in [0.1, 0.15) is 5.75 Å². The zero-order valence-corrected chi connectivity index (χ0v) is 8.04. The second kappa shape index (κ2) is 2.85. The summed E-state index contributed by atoms with van der Waals surface area (Å²) in [6.07, 6.45) is 3.08. The third-order valence-electron chi connectivity index (χ3n) is 1.66. The van der Waals surface area contributed by atoms with Crippen molar-refractivity contribution in [2.24, 2.45) is 0 Å². The normalized spacial score (nSPS) is 14.8. The van der Waals surface area contributed by atoms with Gasteiger partial charge in [-0.15, -0.1) is 0 Å². The predicted octanol–water partition coefficient (Wildman–Crippen LogP) is 2.90. The summed E-state index contributed by atoms with van der Waals surface area (Å²) in [6, 6.07) is 8.12. The van der Waals surface area contributed by atoms with Crippen molar-refractivity contribution >= 4 is 22.6 Å². The number of ether oxygens (including phenoxy) is 1. The van der Waals surface area contributed by atoms with E-state index in [4.69, 9.17) is 4.74 Å². The standard InChI is InChI=1S/C9H7IO/c10-9-6-5-7-3-1-2-4-8(7)11-9/h1-4,6H,5H2. The highest BCUT2D eigenvalue weighted by Crippen LogP contribution is 2.27. The molecule has 1 aliphatic rings. The minimum atomic E-state index is 0.973. The molecule has 11 heavy (non-hydrogen) atoms. The number of rotatable bonds is 0. The average Bonchev–Trinajstić information content (AvgIpc) is 2.04. The molecule has 0 fully saturated rings. The van der Waals surface area contributed by atoms with Crippen LogP contribution in [0.3, 0.4) is 0 Å². The third-order valence-corrected chi connectivity index (χ3v) is 2.32. The first kappa shape index (κ1) is 7.16. The topological polar surface area (TPSA) is 9.23 Å². The largest absolute Gasteiger partial charge is 0.451 e. The Morgan fingerprint density at radius 3 is 3.00 bits per heavy atom. The van der Waals surface area contributed by atoms with Gasteiger partial charge in [-0.3, -0.25) is 0 Å². The van der Waals surface area contributed by atoms with E-state index in [0.29, 0.717) is 0 Å². The van der Waals surface area contributed by atoms with Crippen LogP contribution in [-0.2, 0) is 6.42 Å². The lowest BCUT2D eigenvalue weighted by atomic mass is 10.1. The molecule has 1 nitrogen and oxygen atoms in total. The minimum Gasteiger partial charge on any atom is -0.451 e. The monoisotopic (exact) mass is 258 g/mol. The molecule has 0 bridgehead atoms. The molecule has 1 aliphatic heterocycles. The number of allylic oxidation sites excluding steroid dienone is 1. The van der Waals surface area contributed by atoms with Crippen molar-refractivity contribution in [2.75, 3.05) is 0 Å². The molecule has 0 saturated carbocycles. The number of hydrogen-bond acceptors (Lipinski definition) is 1. The van der Waals surface area contributed by atoms with Gasteiger partial charge in [-0.2, -0.15) is 0 Å². The Hall–Kier alpha value is -0.510. The molecule has 0 aliphatic carbocycles. The fourth-order valence-corrected chi connectivity index (χ4v) is 1.57. The maximum atomic E-state index is 5.48. The lowest BCUT2D eigenvalue weighted by Gasteiger charge is -2.13. The first-order chi connectivity index (χ1) is 5.36. The van der Waals surface area contributed by atoms with Gasteiger partial charge in [0, 0.05) is 0 Å². The maximum absolute atomic E-state index is 5.48. The maximum Gasteiger partial charge on any atom is 0.160 e. The summed E-state index contributed by atoms with van der Waals surface area (Å²) in [5.74, 6) is 0.999. The lowest BCUT2D eigenvalue weighted by Crippen LogP contribution is -1.98. The van der Waals surface area contributed by atoms with E-state index < -0.39 is 0 Å². The molecule has 56 valence electrons. The van der Waals surface area contributed by atoms with Gasteiger partial charge < -0.3 is 4.74 Å². The predicted molar refractivity (Wildman–Crippen MR) is 52.9 cm³/mol. The smallest absolute Gasteiger partial charge is 0.160 e. The molecule has 0 atom stereocenters. The highest BCUT2D eigenvalue weighted by atomic mass is 127.